The Morgan fingerprint density at radius 3 is 2.15 bits per heavy atom. The number of hydrogen-bond acceptors (Lipinski definition) is 3. The number of anilines is 3. The minimum absolute atomic E-state index is 0.0680. The number of aryl methyl sites for hydroxylation is 1. The number of rotatable bonds is 4. The highest BCUT2D eigenvalue weighted by Crippen LogP contribution is 2.31. The molecule has 6 heteroatoms. The van der Waals surface area contributed by atoms with Gasteiger partial charge in [-0.1, -0.05) is 32.0 Å². The van der Waals surface area contributed by atoms with Crippen LogP contribution >= 0.6 is 0 Å². The third kappa shape index (κ3) is 5.67. The van der Waals surface area contributed by atoms with E-state index in [9.17, 15) is 9.59 Å². The summed E-state index contributed by atoms with van der Waals surface area (Å²) in [5.41, 5.74) is 4.07. The number of amides is 3. The molecular weight excluding hydrogens is 412 g/mol. The molecule has 0 unspecified atom stereocenters. The quantitative estimate of drug-likeness (QED) is 0.626. The smallest absolute Gasteiger partial charge is 0.323 e. The number of carbonyl (C=O) groups is 2. The molecular formula is C27H36N4O2. The van der Waals surface area contributed by atoms with Crippen molar-refractivity contribution >= 4 is 29.0 Å². The van der Waals surface area contributed by atoms with Crippen molar-refractivity contribution in [3.05, 3.63) is 53.6 Å². The number of carbonyl (C=O) groups excluding carboxylic acids is 2. The third-order valence-electron chi connectivity index (χ3n) is 7.07. The standard InChI is InChI=1S/C27H36N4O2/c1-19-10-14-30(15-11-19)25-9-8-22(28-27(33)29-24-7-5-4-6-21(24)3)18-23(25)26(32)31-16-12-20(2)13-17-31/h4-9,18-20H,10-17H2,1-3H3,(H2,28,29,33). The maximum atomic E-state index is 13.6. The lowest BCUT2D eigenvalue weighted by molar-refractivity contribution is 0.0697. The molecule has 2 aliphatic rings. The van der Waals surface area contributed by atoms with Crippen LogP contribution in [0.5, 0.6) is 0 Å². The lowest BCUT2D eigenvalue weighted by Crippen LogP contribution is -2.40. The number of hydrogen-bond donors (Lipinski definition) is 2. The third-order valence-corrected chi connectivity index (χ3v) is 7.07. The van der Waals surface area contributed by atoms with Crippen molar-refractivity contribution in [3.63, 3.8) is 0 Å². The zero-order valence-electron chi connectivity index (χ0n) is 20.1. The second-order valence-corrected chi connectivity index (χ2v) is 9.77. The van der Waals surface area contributed by atoms with Crippen LogP contribution in [0, 0.1) is 18.8 Å². The average Bonchev–Trinajstić information content (AvgIpc) is 2.81. The molecule has 2 N–H and O–H groups in total. The molecule has 4 rings (SSSR count). The molecule has 33 heavy (non-hydrogen) atoms. The van der Waals surface area contributed by atoms with E-state index in [4.69, 9.17) is 0 Å². The molecule has 0 aromatic heterocycles. The van der Waals surface area contributed by atoms with Gasteiger partial charge in [0.05, 0.1) is 5.56 Å². The van der Waals surface area contributed by atoms with Crippen LogP contribution < -0.4 is 15.5 Å². The molecule has 3 amide bonds. The van der Waals surface area contributed by atoms with Crippen LogP contribution in [0.2, 0.25) is 0 Å². The van der Waals surface area contributed by atoms with Crippen molar-refractivity contribution in [2.45, 2.75) is 46.5 Å². The van der Waals surface area contributed by atoms with E-state index in [-0.39, 0.29) is 11.9 Å². The number of nitrogens with zero attached hydrogens (tertiary/aromatic N) is 2. The van der Waals surface area contributed by atoms with Gasteiger partial charge in [0.15, 0.2) is 0 Å². The maximum Gasteiger partial charge on any atom is 0.323 e. The highest BCUT2D eigenvalue weighted by Gasteiger charge is 2.27. The lowest BCUT2D eigenvalue weighted by atomic mass is 9.96. The molecule has 2 heterocycles. The van der Waals surface area contributed by atoms with Crippen molar-refractivity contribution in [1.29, 1.82) is 0 Å². The molecule has 2 aliphatic heterocycles. The van der Waals surface area contributed by atoms with Crippen LogP contribution in [0.4, 0.5) is 21.9 Å². The Hall–Kier alpha value is -3.02. The molecule has 2 aromatic rings. The molecule has 2 saturated heterocycles. The summed E-state index contributed by atoms with van der Waals surface area (Å²) in [6.45, 7) is 10.0. The second-order valence-electron chi connectivity index (χ2n) is 9.77. The van der Waals surface area contributed by atoms with Gasteiger partial charge < -0.3 is 20.4 Å². The molecule has 0 aliphatic carbocycles. The Kier molecular flexibility index (Phi) is 7.21. The van der Waals surface area contributed by atoms with Gasteiger partial charge in [-0.15, -0.1) is 0 Å². The van der Waals surface area contributed by atoms with E-state index in [0.717, 1.165) is 74.7 Å². The summed E-state index contributed by atoms with van der Waals surface area (Å²) in [6.07, 6.45) is 4.35. The summed E-state index contributed by atoms with van der Waals surface area (Å²) in [4.78, 5) is 30.5. The van der Waals surface area contributed by atoms with Crippen LogP contribution in [0.3, 0.4) is 0 Å². The Morgan fingerprint density at radius 1 is 0.848 bits per heavy atom. The topological polar surface area (TPSA) is 64.7 Å². The number of benzene rings is 2. The van der Waals surface area contributed by atoms with Gasteiger partial charge in [0, 0.05) is 43.2 Å². The predicted octanol–water partition coefficient (Wildman–Crippen LogP) is 5.75. The van der Waals surface area contributed by atoms with Gasteiger partial charge in [-0.3, -0.25) is 4.79 Å². The van der Waals surface area contributed by atoms with E-state index in [2.05, 4.69) is 29.4 Å². The first-order chi connectivity index (χ1) is 15.9. The van der Waals surface area contributed by atoms with Crippen LogP contribution in [-0.4, -0.2) is 43.0 Å². The summed E-state index contributed by atoms with van der Waals surface area (Å²) in [6, 6.07) is 13.1. The van der Waals surface area contributed by atoms with Gasteiger partial charge in [-0.2, -0.15) is 0 Å². The van der Waals surface area contributed by atoms with Gasteiger partial charge >= 0.3 is 6.03 Å². The van der Waals surface area contributed by atoms with Gasteiger partial charge in [-0.25, -0.2) is 4.79 Å². The zero-order chi connectivity index (χ0) is 23.4. The van der Waals surface area contributed by atoms with Gasteiger partial charge in [0.25, 0.3) is 5.91 Å². The van der Waals surface area contributed by atoms with E-state index in [1.54, 1.807) is 0 Å². The van der Waals surface area contributed by atoms with E-state index in [1.807, 2.05) is 54.3 Å². The Labute approximate surface area is 197 Å². The minimum Gasteiger partial charge on any atom is -0.371 e. The summed E-state index contributed by atoms with van der Waals surface area (Å²) in [5, 5.41) is 5.82. The van der Waals surface area contributed by atoms with Crippen LogP contribution in [0.1, 0.15) is 55.5 Å². The van der Waals surface area contributed by atoms with E-state index >= 15 is 0 Å². The first-order valence-corrected chi connectivity index (χ1v) is 12.2. The molecule has 2 aromatic carbocycles. The van der Waals surface area contributed by atoms with Crippen molar-refractivity contribution in [2.24, 2.45) is 11.8 Å². The number of nitrogens with one attached hydrogen (secondary N) is 2. The highest BCUT2D eigenvalue weighted by atomic mass is 16.2. The van der Waals surface area contributed by atoms with Crippen LogP contribution in [0.15, 0.2) is 42.5 Å². The Morgan fingerprint density at radius 2 is 1.48 bits per heavy atom. The Balaban J connectivity index is 1.56. The fraction of sp³-hybridized carbons (Fsp3) is 0.481. The average molecular weight is 449 g/mol. The number of piperidine rings is 2. The van der Waals surface area contributed by atoms with Crippen molar-refractivity contribution in [2.75, 3.05) is 41.7 Å². The van der Waals surface area contributed by atoms with Gasteiger partial charge in [0.1, 0.15) is 0 Å². The number of likely N-dealkylation sites (tertiary alicyclic amines) is 1. The molecule has 0 bridgehead atoms. The lowest BCUT2D eigenvalue weighted by Gasteiger charge is -2.35. The SMILES string of the molecule is Cc1ccccc1NC(=O)Nc1ccc(N2CCC(C)CC2)c(C(=O)N2CCC(C)CC2)c1. The largest absolute Gasteiger partial charge is 0.371 e. The summed E-state index contributed by atoms with van der Waals surface area (Å²) >= 11 is 0. The van der Waals surface area contributed by atoms with E-state index in [0.29, 0.717) is 17.2 Å². The van der Waals surface area contributed by atoms with E-state index in [1.165, 1.54) is 0 Å². The normalized spacial score (nSPS) is 17.7. The molecule has 0 spiro atoms. The molecule has 2 fully saturated rings. The summed E-state index contributed by atoms with van der Waals surface area (Å²) in [5.74, 6) is 1.45. The van der Waals surface area contributed by atoms with E-state index < -0.39 is 0 Å². The van der Waals surface area contributed by atoms with Crippen LogP contribution in [-0.2, 0) is 0 Å². The molecule has 0 radical (unpaired) electrons. The molecule has 0 atom stereocenters. The second kappa shape index (κ2) is 10.3. The maximum absolute atomic E-state index is 13.6. The van der Waals surface area contributed by atoms with Crippen molar-refractivity contribution in [1.82, 2.24) is 4.90 Å². The summed E-state index contributed by atoms with van der Waals surface area (Å²) < 4.78 is 0. The first kappa shape index (κ1) is 23.1. The fourth-order valence-electron chi connectivity index (χ4n) is 4.69. The minimum atomic E-state index is -0.311. The van der Waals surface area contributed by atoms with Gasteiger partial charge in [0.2, 0.25) is 0 Å². The Bertz CT molecular complexity index is 989. The predicted molar refractivity (Wildman–Crippen MR) is 135 cm³/mol. The van der Waals surface area contributed by atoms with Crippen LogP contribution in [0.25, 0.3) is 0 Å². The molecule has 0 saturated carbocycles. The highest BCUT2D eigenvalue weighted by molar-refractivity contribution is 6.04. The number of para-hydroxylation sites is 1. The monoisotopic (exact) mass is 448 g/mol. The fourth-order valence-corrected chi connectivity index (χ4v) is 4.69. The molecule has 6 nitrogen and oxygen atoms in total. The van der Waals surface area contributed by atoms with Gasteiger partial charge in [-0.05, 0) is 74.3 Å². The summed E-state index contributed by atoms with van der Waals surface area (Å²) in [7, 11) is 0. The van der Waals surface area contributed by atoms with Crippen molar-refractivity contribution < 1.29 is 9.59 Å². The zero-order valence-corrected chi connectivity index (χ0v) is 20.1. The first-order valence-electron chi connectivity index (χ1n) is 12.2. The van der Waals surface area contributed by atoms with Crippen molar-refractivity contribution in [3.8, 4) is 0 Å². The number of urea groups is 1. The molecule has 176 valence electrons.